The number of thioether (sulfide) groups is 1. The third kappa shape index (κ3) is 5.57. The summed E-state index contributed by atoms with van der Waals surface area (Å²) in [4.78, 5) is 12.2. The molecule has 2 aromatic rings. The van der Waals surface area contributed by atoms with E-state index in [2.05, 4.69) is 51.1 Å². The van der Waals surface area contributed by atoms with Gasteiger partial charge in [-0.25, -0.2) is 4.79 Å². The highest BCUT2D eigenvalue weighted by Crippen LogP contribution is 2.24. The third-order valence-corrected chi connectivity index (χ3v) is 4.86. The van der Waals surface area contributed by atoms with Crippen LogP contribution >= 0.6 is 11.8 Å². The van der Waals surface area contributed by atoms with E-state index in [0.29, 0.717) is 5.56 Å². The summed E-state index contributed by atoms with van der Waals surface area (Å²) in [5.74, 6) is 1.00. The van der Waals surface area contributed by atoms with Gasteiger partial charge < -0.3 is 5.11 Å². The number of hydrogen-bond acceptors (Lipinski definition) is 2. The van der Waals surface area contributed by atoms with Gasteiger partial charge in [0.25, 0.3) is 0 Å². The van der Waals surface area contributed by atoms with E-state index in [1.54, 1.807) is 12.1 Å². The van der Waals surface area contributed by atoms with Gasteiger partial charge in [-0.1, -0.05) is 44.2 Å². The normalized spacial score (nSPS) is 11.8. The van der Waals surface area contributed by atoms with Crippen molar-refractivity contribution in [1.82, 2.24) is 0 Å². The number of carbonyl (C=O) groups is 1. The van der Waals surface area contributed by atoms with Crippen molar-refractivity contribution in [2.24, 2.45) is 5.92 Å². The van der Waals surface area contributed by atoms with Crippen molar-refractivity contribution in [3.05, 3.63) is 65.2 Å². The second kappa shape index (κ2) is 8.74. The van der Waals surface area contributed by atoms with Gasteiger partial charge in [0.2, 0.25) is 0 Å². The molecule has 2 nitrogen and oxygen atoms in total. The summed E-state index contributed by atoms with van der Waals surface area (Å²) in [6.07, 6.45) is 3.31. The lowest BCUT2D eigenvalue weighted by Gasteiger charge is -2.06. The molecule has 2 rings (SSSR count). The lowest BCUT2D eigenvalue weighted by molar-refractivity contribution is 0.0697. The summed E-state index contributed by atoms with van der Waals surface area (Å²) in [6, 6.07) is 15.6. The highest BCUT2D eigenvalue weighted by molar-refractivity contribution is 7.99. The minimum atomic E-state index is -0.896. The molecule has 3 heteroatoms. The molecule has 0 aliphatic carbocycles. The molecular weight excluding hydrogens is 316 g/mol. The average Bonchev–Trinajstić information content (AvgIpc) is 2.55. The van der Waals surface area contributed by atoms with Gasteiger partial charge in [-0.15, -0.1) is 11.8 Å². The molecule has 1 N–H and O–H groups in total. The maximum atomic E-state index is 10.9. The fourth-order valence-corrected chi connectivity index (χ4v) is 3.44. The highest BCUT2D eigenvalue weighted by Gasteiger charge is 2.02. The van der Waals surface area contributed by atoms with Crippen molar-refractivity contribution in [3.8, 4) is 0 Å². The largest absolute Gasteiger partial charge is 0.478 e. The van der Waals surface area contributed by atoms with Crippen LogP contribution in [0.15, 0.2) is 53.4 Å². The fourth-order valence-electron chi connectivity index (χ4n) is 2.28. The van der Waals surface area contributed by atoms with E-state index in [9.17, 15) is 4.79 Å². The van der Waals surface area contributed by atoms with Gasteiger partial charge in [0, 0.05) is 4.90 Å². The van der Waals surface area contributed by atoms with Gasteiger partial charge in [-0.3, -0.25) is 0 Å². The molecule has 0 atom stereocenters. The van der Waals surface area contributed by atoms with Crippen molar-refractivity contribution in [2.45, 2.75) is 32.1 Å². The number of carboxylic acid groups (broad SMARTS) is 1. The standard InChI is InChI=1S/C21H24O2S/c1-15(2)12-13-24-20-10-8-18(9-11-20)16(3)14-17-4-6-19(7-5-17)21(22)23/h4-11,14-15H,12-13H2,1-3H3,(H,22,23)/b16-14+. The lowest BCUT2D eigenvalue weighted by atomic mass is 10.0. The number of carboxylic acids is 1. The first-order valence-electron chi connectivity index (χ1n) is 8.20. The Morgan fingerprint density at radius 2 is 1.62 bits per heavy atom. The molecule has 0 heterocycles. The molecule has 24 heavy (non-hydrogen) atoms. The van der Waals surface area contributed by atoms with Crippen LogP contribution in [0, 0.1) is 5.92 Å². The van der Waals surface area contributed by atoms with E-state index in [4.69, 9.17) is 5.11 Å². The molecule has 0 aromatic heterocycles. The van der Waals surface area contributed by atoms with Crippen LogP contribution in [0.3, 0.4) is 0 Å². The Kier molecular flexibility index (Phi) is 6.68. The summed E-state index contributed by atoms with van der Waals surface area (Å²) in [6.45, 7) is 6.58. The van der Waals surface area contributed by atoms with E-state index in [1.165, 1.54) is 16.9 Å². The molecule has 126 valence electrons. The first-order valence-corrected chi connectivity index (χ1v) is 9.19. The zero-order valence-electron chi connectivity index (χ0n) is 14.5. The molecule has 0 saturated heterocycles. The highest BCUT2D eigenvalue weighted by atomic mass is 32.2. The van der Waals surface area contributed by atoms with Crippen LogP contribution in [0.4, 0.5) is 0 Å². The minimum Gasteiger partial charge on any atom is -0.478 e. The summed E-state index contributed by atoms with van der Waals surface area (Å²) in [5, 5.41) is 8.94. The second-order valence-electron chi connectivity index (χ2n) is 6.31. The van der Waals surface area contributed by atoms with Crippen LogP contribution in [-0.2, 0) is 0 Å². The topological polar surface area (TPSA) is 37.3 Å². The number of aromatic carboxylic acids is 1. The van der Waals surface area contributed by atoms with Gasteiger partial charge in [0.05, 0.1) is 5.56 Å². The Hall–Kier alpha value is -2.00. The zero-order chi connectivity index (χ0) is 17.5. The first kappa shape index (κ1) is 18.3. The number of hydrogen-bond donors (Lipinski definition) is 1. The van der Waals surface area contributed by atoms with E-state index < -0.39 is 5.97 Å². The van der Waals surface area contributed by atoms with Crippen LogP contribution in [-0.4, -0.2) is 16.8 Å². The molecule has 0 bridgehead atoms. The Labute approximate surface area is 148 Å². The van der Waals surface area contributed by atoms with Crippen LogP contribution in [0.25, 0.3) is 11.6 Å². The van der Waals surface area contributed by atoms with E-state index >= 15 is 0 Å². The zero-order valence-corrected chi connectivity index (χ0v) is 15.3. The summed E-state index contributed by atoms with van der Waals surface area (Å²) >= 11 is 1.90. The second-order valence-corrected chi connectivity index (χ2v) is 7.48. The average molecular weight is 340 g/mol. The summed E-state index contributed by atoms with van der Waals surface area (Å²) in [5.41, 5.74) is 3.67. The lowest BCUT2D eigenvalue weighted by Crippen LogP contribution is -1.94. The number of rotatable bonds is 7. The molecule has 0 saturated carbocycles. The van der Waals surface area contributed by atoms with Gasteiger partial charge in [-0.2, -0.15) is 0 Å². The maximum absolute atomic E-state index is 10.9. The van der Waals surface area contributed by atoms with Gasteiger partial charge in [-0.05, 0) is 66.0 Å². The third-order valence-electron chi connectivity index (χ3n) is 3.81. The van der Waals surface area contributed by atoms with Crippen LogP contribution in [0.1, 0.15) is 48.7 Å². The molecule has 0 radical (unpaired) electrons. The summed E-state index contributed by atoms with van der Waals surface area (Å²) in [7, 11) is 0. The molecule has 0 unspecified atom stereocenters. The molecule has 2 aromatic carbocycles. The predicted molar refractivity (Wildman–Crippen MR) is 104 cm³/mol. The van der Waals surface area contributed by atoms with Crippen molar-refractivity contribution in [3.63, 3.8) is 0 Å². The molecular formula is C21H24O2S. The van der Waals surface area contributed by atoms with E-state index in [0.717, 1.165) is 22.8 Å². The Morgan fingerprint density at radius 1 is 1.04 bits per heavy atom. The van der Waals surface area contributed by atoms with Crippen LogP contribution in [0.2, 0.25) is 0 Å². The minimum absolute atomic E-state index is 0.313. The summed E-state index contributed by atoms with van der Waals surface area (Å²) < 4.78 is 0. The Morgan fingerprint density at radius 3 is 2.17 bits per heavy atom. The van der Waals surface area contributed by atoms with Gasteiger partial charge >= 0.3 is 5.97 Å². The molecule has 0 aliphatic heterocycles. The first-order chi connectivity index (χ1) is 11.5. The fraction of sp³-hybridized carbons (Fsp3) is 0.286. The maximum Gasteiger partial charge on any atom is 0.335 e. The molecule has 0 amide bonds. The van der Waals surface area contributed by atoms with Crippen molar-refractivity contribution in [1.29, 1.82) is 0 Å². The van der Waals surface area contributed by atoms with Crippen LogP contribution < -0.4 is 0 Å². The van der Waals surface area contributed by atoms with Crippen molar-refractivity contribution in [2.75, 3.05) is 5.75 Å². The molecule has 0 aliphatic rings. The van der Waals surface area contributed by atoms with Crippen molar-refractivity contribution < 1.29 is 9.90 Å². The Balaban J connectivity index is 2.03. The van der Waals surface area contributed by atoms with E-state index in [-0.39, 0.29) is 0 Å². The number of benzene rings is 2. The predicted octanol–water partition coefficient (Wildman–Crippen LogP) is 6.08. The Bertz CT molecular complexity index is 698. The smallest absolute Gasteiger partial charge is 0.335 e. The van der Waals surface area contributed by atoms with Crippen molar-refractivity contribution >= 4 is 29.4 Å². The number of allylic oxidation sites excluding steroid dienone is 1. The van der Waals surface area contributed by atoms with Gasteiger partial charge in [0.15, 0.2) is 0 Å². The van der Waals surface area contributed by atoms with Gasteiger partial charge in [0.1, 0.15) is 0 Å². The van der Waals surface area contributed by atoms with Crippen LogP contribution in [0.5, 0.6) is 0 Å². The monoisotopic (exact) mass is 340 g/mol. The molecule has 0 spiro atoms. The SMILES string of the molecule is C/C(=C\c1ccc(C(=O)O)cc1)c1ccc(SCCC(C)C)cc1. The van der Waals surface area contributed by atoms with E-state index in [1.807, 2.05) is 23.9 Å². The molecule has 0 fully saturated rings. The quantitative estimate of drug-likeness (QED) is 0.490.